The summed E-state index contributed by atoms with van der Waals surface area (Å²) in [6, 6.07) is 26.6. The molecule has 0 saturated heterocycles. The van der Waals surface area contributed by atoms with E-state index in [1.807, 2.05) is 42.5 Å². The zero-order valence-electron chi connectivity index (χ0n) is 12.0. The first-order valence-electron chi connectivity index (χ1n) is 7.36. The molecule has 0 radical (unpaired) electrons. The predicted octanol–water partition coefficient (Wildman–Crippen LogP) is 4.68. The summed E-state index contributed by atoms with van der Waals surface area (Å²) in [5.41, 5.74) is 6.47. The van der Waals surface area contributed by atoms with Crippen molar-refractivity contribution in [2.24, 2.45) is 5.16 Å². The maximum Gasteiger partial charge on any atom is 0.0986 e. The van der Waals surface area contributed by atoms with Crippen LogP contribution in [0.3, 0.4) is 0 Å². The van der Waals surface area contributed by atoms with Crippen LogP contribution >= 0.6 is 0 Å². The van der Waals surface area contributed by atoms with Crippen molar-refractivity contribution in [3.05, 3.63) is 95.6 Å². The maximum atomic E-state index is 9.68. The molecule has 0 heterocycles. The highest BCUT2D eigenvalue weighted by Gasteiger charge is 2.32. The highest BCUT2D eigenvalue weighted by atomic mass is 16.4. The molecule has 0 aliphatic heterocycles. The van der Waals surface area contributed by atoms with Crippen molar-refractivity contribution in [1.82, 2.24) is 0 Å². The zero-order chi connectivity index (χ0) is 14.9. The molecule has 0 aromatic heterocycles. The Morgan fingerprint density at radius 1 is 0.682 bits per heavy atom. The Morgan fingerprint density at radius 3 is 1.73 bits per heavy atom. The van der Waals surface area contributed by atoms with Crippen LogP contribution in [-0.4, -0.2) is 10.9 Å². The second-order valence-corrected chi connectivity index (χ2v) is 5.46. The van der Waals surface area contributed by atoms with Gasteiger partial charge in [0.15, 0.2) is 0 Å². The first kappa shape index (κ1) is 12.8. The molecular formula is C20H15NO. The normalized spacial score (nSPS) is 13.7. The lowest BCUT2D eigenvalue weighted by molar-refractivity contribution is 0.317. The summed E-state index contributed by atoms with van der Waals surface area (Å²) in [4.78, 5) is 0. The highest BCUT2D eigenvalue weighted by molar-refractivity contribution is 6.10. The molecule has 0 atom stereocenters. The van der Waals surface area contributed by atoms with Crippen molar-refractivity contribution in [1.29, 1.82) is 0 Å². The van der Waals surface area contributed by atoms with E-state index >= 15 is 0 Å². The van der Waals surface area contributed by atoms with E-state index in [1.54, 1.807) is 0 Å². The number of benzene rings is 3. The van der Waals surface area contributed by atoms with E-state index in [1.165, 1.54) is 22.3 Å². The monoisotopic (exact) mass is 285 g/mol. The van der Waals surface area contributed by atoms with Crippen LogP contribution in [0.2, 0.25) is 0 Å². The van der Waals surface area contributed by atoms with E-state index in [9.17, 15) is 5.21 Å². The van der Waals surface area contributed by atoms with E-state index in [-0.39, 0.29) is 5.92 Å². The van der Waals surface area contributed by atoms with Gasteiger partial charge in [0.05, 0.1) is 11.6 Å². The Labute approximate surface area is 129 Å². The quantitative estimate of drug-likeness (QED) is 0.414. The summed E-state index contributed by atoms with van der Waals surface area (Å²) < 4.78 is 0. The average Bonchev–Trinajstić information content (AvgIpc) is 2.92. The van der Waals surface area contributed by atoms with Gasteiger partial charge in [0.1, 0.15) is 0 Å². The molecule has 1 aliphatic rings. The van der Waals surface area contributed by atoms with Crippen molar-refractivity contribution < 1.29 is 5.21 Å². The number of hydrogen-bond donors (Lipinski definition) is 1. The Morgan fingerprint density at radius 2 is 1.18 bits per heavy atom. The molecule has 1 aliphatic carbocycles. The fraction of sp³-hybridized carbons (Fsp3) is 0.0500. The van der Waals surface area contributed by atoms with Crippen LogP contribution in [0.25, 0.3) is 11.1 Å². The van der Waals surface area contributed by atoms with Crippen LogP contribution in [0.4, 0.5) is 0 Å². The van der Waals surface area contributed by atoms with Gasteiger partial charge in [-0.3, -0.25) is 0 Å². The van der Waals surface area contributed by atoms with Crippen LogP contribution < -0.4 is 0 Å². The molecule has 3 aromatic rings. The van der Waals surface area contributed by atoms with Crippen LogP contribution in [0.5, 0.6) is 0 Å². The second-order valence-electron chi connectivity index (χ2n) is 5.46. The Balaban J connectivity index is 1.95. The number of nitrogens with zero attached hydrogens (tertiary/aromatic N) is 1. The zero-order valence-corrected chi connectivity index (χ0v) is 12.0. The molecule has 4 rings (SSSR count). The molecule has 0 unspecified atom stereocenters. The van der Waals surface area contributed by atoms with Gasteiger partial charge in [0.25, 0.3) is 0 Å². The lowest BCUT2D eigenvalue weighted by Gasteiger charge is -2.15. The molecular weight excluding hydrogens is 270 g/mol. The second kappa shape index (κ2) is 5.15. The third-order valence-electron chi connectivity index (χ3n) is 4.28. The average molecular weight is 285 g/mol. The van der Waals surface area contributed by atoms with Gasteiger partial charge in [-0.15, -0.1) is 0 Å². The molecule has 22 heavy (non-hydrogen) atoms. The molecule has 106 valence electrons. The molecule has 0 fully saturated rings. The minimum Gasteiger partial charge on any atom is -0.411 e. The van der Waals surface area contributed by atoms with E-state index < -0.39 is 0 Å². The van der Waals surface area contributed by atoms with Gasteiger partial charge >= 0.3 is 0 Å². The lowest BCUT2D eigenvalue weighted by Crippen LogP contribution is -2.13. The highest BCUT2D eigenvalue weighted by Crippen LogP contribution is 2.46. The van der Waals surface area contributed by atoms with Crippen molar-refractivity contribution in [3.8, 4) is 11.1 Å². The first-order valence-corrected chi connectivity index (χ1v) is 7.36. The van der Waals surface area contributed by atoms with Gasteiger partial charge in [-0.25, -0.2) is 0 Å². The molecule has 1 N–H and O–H groups in total. The third kappa shape index (κ3) is 1.85. The van der Waals surface area contributed by atoms with Crippen LogP contribution in [0.1, 0.15) is 22.6 Å². The largest absolute Gasteiger partial charge is 0.411 e. The molecule has 3 aromatic carbocycles. The molecule has 0 saturated carbocycles. The van der Waals surface area contributed by atoms with Crippen molar-refractivity contribution >= 4 is 5.71 Å². The molecule has 0 spiro atoms. The minimum absolute atomic E-state index is 0.0280. The van der Waals surface area contributed by atoms with E-state index in [2.05, 4.69) is 41.6 Å². The third-order valence-corrected chi connectivity index (χ3v) is 4.28. The number of hydrogen-bond acceptors (Lipinski definition) is 2. The minimum atomic E-state index is -0.0280. The Kier molecular flexibility index (Phi) is 3.01. The van der Waals surface area contributed by atoms with Gasteiger partial charge in [-0.1, -0.05) is 84.0 Å². The Bertz CT molecular complexity index is 807. The fourth-order valence-electron chi connectivity index (χ4n) is 3.34. The summed E-state index contributed by atoms with van der Waals surface area (Å²) in [6.45, 7) is 0. The van der Waals surface area contributed by atoms with Crippen LogP contribution in [0, 0.1) is 0 Å². The fourth-order valence-corrected chi connectivity index (χ4v) is 3.34. The van der Waals surface area contributed by atoms with E-state index in [4.69, 9.17) is 0 Å². The van der Waals surface area contributed by atoms with Gasteiger partial charge in [-0.2, -0.15) is 0 Å². The van der Waals surface area contributed by atoms with Crippen LogP contribution in [-0.2, 0) is 0 Å². The summed E-state index contributed by atoms with van der Waals surface area (Å²) in [5, 5.41) is 13.3. The van der Waals surface area contributed by atoms with Crippen molar-refractivity contribution in [2.45, 2.75) is 5.92 Å². The van der Waals surface area contributed by atoms with Crippen molar-refractivity contribution in [2.75, 3.05) is 0 Å². The first-order chi connectivity index (χ1) is 10.9. The molecule has 2 heteroatoms. The number of rotatable bonds is 2. The summed E-state index contributed by atoms with van der Waals surface area (Å²) >= 11 is 0. The summed E-state index contributed by atoms with van der Waals surface area (Å²) in [7, 11) is 0. The lowest BCUT2D eigenvalue weighted by atomic mass is 9.88. The van der Waals surface area contributed by atoms with Gasteiger partial charge in [0.2, 0.25) is 0 Å². The van der Waals surface area contributed by atoms with Gasteiger partial charge in [0, 0.05) is 5.56 Å². The Hall–Kier alpha value is -2.87. The predicted molar refractivity (Wildman–Crippen MR) is 88.5 cm³/mol. The van der Waals surface area contributed by atoms with Gasteiger partial charge < -0.3 is 5.21 Å². The summed E-state index contributed by atoms with van der Waals surface area (Å²) in [5.74, 6) is -0.0280. The standard InChI is InChI=1S/C20H15NO/c22-21-20(14-8-2-1-3-9-14)19-17-12-6-4-10-15(17)16-11-5-7-13-18(16)19/h1-13,19,22H. The topological polar surface area (TPSA) is 32.6 Å². The maximum absolute atomic E-state index is 9.68. The number of oxime groups is 1. The smallest absolute Gasteiger partial charge is 0.0986 e. The number of fused-ring (bicyclic) bond motifs is 3. The van der Waals surface area contributed by atoms with Crippen molar-refractivity contribution in [3.63, 3.8) is 0 Å². The SMILES string of the molecule is ON=C(c1ccccc1)C1c2ccccc2-c2ccccc21. The molecule has 0 amide bonds. The summed E-state index contributed by atoms with van der Waals surface area (Å²) in [6.07, 6.45) is 0. The van der Waals surface area contributed by atoms with E-state index in [0.717, 1.165) is 5.56 Å². The van der Waals surface area contributed by atoms with Gasteiger partial charge in [-0.05, 0) is 22.3 Å². The van der Waals surface area contributed by atoms with Crippen LogP contribution in [0.15, 0.2) is 84.0 Å². The molecule has 0 bridgehead atoms. The molecule has 2 nitrogen and oxygen atoms in total. The van der Waals surface area contributed by atoms with E-state index in [0.29, 0.717) is 5.71 Å².